The van der Waals surface area contributed by atoms with E-state index in [-0.39, 0.29) is 11.5 Å². The Morgan fingerprint density at radius 1 is 1.73 bits per heavy atom. The van der Waals surface area contributed by atoms with Crippen LogP contribution in [0.3, 0.4) is 0 Å². The SMILES string of the molecule is CCOC(=O)NC1CC1(C)C. The van der Waals surface area contributed by atoms with E-state index in [0.29, 0.717) is 12.6 Å². The molecule has 0 heterocycles. The maximum absolute atomic E-state index is 10.8. The molecule has 1 saturated carbocycles. The van der Waals surface area contributed by atoms with E-state index in [1.807, 2.05) is 0 Å². The fourth-order valence-electron chi connectivity index (χ4n) is 1.03. The molecular weight excluding hydrogens is 142 g/mol. The minimum absolute atomic E-state index is 0.284. The second kappa shape index (κ2) is 2.72. The zero-order chi connectivity index (χ0) is 8.48. The second-order valence-electron chi connectivity index (χ2n) is 3.61. The van der Waals surface area contributed by atoms with Crippen molar-refractivity contribution in [3.8, 4) is 0 Å². The van der Waals surface area contributed by atoms with Crippen molar-refractivity contribution < 1.29 is 9.53 Å². The van der Waals surface area contributed by atoms with Gasteiger partial charge in [-0.3, -0.25) is 0 Å². The maximum atomic E-state index is 10.8. The second-order valence-corrected chi connectivity index (χ2v) is 3.61. The Bertz CT molecular complexity index is 165. The van der Waals surface area contributed by atoms with Crippen LogP contribution in [0.5, 0.6) is 0 Å². The molecule has 3 nitrogen and oxygen atoms in total. The predicted octanol–water partition coefficient (Wildman–Crippen LogP) is 1.53. The van der Waals surface area contributed by atoms with Gasteiger partial charge in [0.2, 0.25) is 0 Å². The third-order valence-corrected chi connectivity index (χ3v) is 2.08. The van der Waals surface area contributed by atoms with Crippen LogP contribution < -0.4 is 5.32 Å². The lowest BCUT2D eigenvalue weighted by atomic mass is 10.2. The predicted molar refractivity (Wildman–Crippen MR) is 42.3 cm³/mol. The maximum Gasteiger partial charge on any atom is 0.407 e. The van der Waals surface area contributed by atoms with Crippen LogP contribution in [0, 0.1) is 5.41 Å². The molecule has 0 saturated heterocycles. The number of carbonyl (C=O) groups is 1. The Labute approximate surface area is 67.1 Å². The molecule has 0 aromatic carbocycles. The lowest BCUT2D eigenvalue weighted by Crippen LogP contribution is -2.28. The number of hydrogen-bond acceptors (Lipinski definition) is 2. The van der Waals surface area contributed by atoms with E-state index < -0.39 is 0 Å². The Hall–Kier alpha value is -0.730. The first-order valence-electron chi connectivity index (χ1n) is 3.99. The lowest BCUT2D eigenvalue weighted by Gasteiger charge is -2.05. The van der Waals surface area contributed by atoms with Crippen molar-refractivity contribution in [3.63, 3.8) is 0 Å². The van der Waals surface area contributed by atoms with Crippen molar-refractivity contribution in [2.75, 3.05) is 6.61 Å². The molecule has 0 radical (unpaired) electrons. The summed E-state index contributed by atoms with van der Waals surface area (Å²) >= 11 is 0. The van der Waals surface area contributed by atoms with Gasteiger partial charge in [0.05, 0.1) is 6.61 Å². The number of nitrogens with one attached hydrogen (secondary N) is 1. The monoisotopic (exact) mass is 157 g/mol. The summed E-state index contributed by atoms with van der Waals surface area (Å²) in [5, 5.41) is 2.78. The van der Waals surface area contributed by atoms with Gasteiger partial charge < -0.3 is 10.1 Å². The van der Waals surface area contributed by atoms with Crippen molar-refractivity contribution in [1.29, 1.82) is 0 Å². The molecular formula is C8H15NO2. The number of hydrogen-bond donors (Lipinski definition) is 1. The molecule has 1 atom stereocenters. The Morgan fingerprint density at radius 3 is 2.64 bits per heavy atom. The molecule has 1 amide bonds. The van der Waals surface area contributed by atoms with Crippen LogP contribution in [-0.4, -0.2) is 18.7 Å². The van der Waals surface area contributed by atoms with E-state index >= 15 is 0 Å². The van der Waals surface area contributed by atoms with Gasteiger partial charge in [-0.05, 0) is 18.8 Å². The average Bonchev–Trinajstić information content (AvgIpc) is 2.39. The third kappa shape index (κ3) is 2.10. The molecule has 11 heavy (non-hydrogen) atoms. The summed E-state index contributed by atoms with van der Waals surface area (Å²) in [4.78, 5) is 10.8. The third-order valence-electron chi connectivity index (χ3n) is 2.08. The molecule has 0 bridgehead atoms. The molecule has 1 aliphatic rings. The van der Waals surface area contributed by atoms with Crippen molar-refractivity contribution in [1.82, 2.24) is 5.32 Å². The number of rotatable bonds is 2. The van der Waals surface area contributed by atoms with Crippen LogP contribution in [0.15, 0.2) is 0 Å². The fourth-order valence-corrected chi connectivity index (χ4v) is 1.03. The highest BCUT2D eigenvalue weighted by atomic mass is 16.5. The van der Waals surface area contributed by atoms with E-state index in [9.17, 15) is 4.79 Å². The quantitative estimate of drug-likeness (QED) is 0.660. The Morgan fingerprint density at radius 2 is 2.27 bits per heavy atom. The summed E-state index contributed by atoms with van der Waals surface area (Å²) in [7, 11) is 0. The first kappa shape index (κ1) is 8.37. The highest BCUT2D eigenvalue weighted by molar-refractivity contribution is 5.68. The molecule has 1 fully saturated rings. The number of alkyl carbamates (subject to hydrolysis) is 1. The molecule has 0 aliphatic heterocycles. The summed E-state index contributed by atoms with van der Waals surface area (Å²) in [6.07, 6.45) is 0.773. The van der Waals surface area contributed by atoms with Gasteiger partial charge in [0.1, 0.15) is 0 Å². The van der Waals surface area contributed by atoms with Crippen LogP contribution in [0.1, 0.15) is 27.2 Å². The summed E-state index contributed by atoms with van der Waals surface area (Å²) in [6.45, 7) is 6.50. The van der Waals surface area contributed by atoms with Crippen LogP contribution in [0.2, 0.25) is 0 Å². The van der Waals surface area contributed by atoms with E-state index in [2.05, 4.69) is 19.2 Å². The van der Waals surface area contributed by atoms with Gasteiger partial charge in [-0.2, -0.15) is 0 Å². The summed E-state index contributed by atoms with van der Waals surface area (Å²) in [6, 6.07) is 0.321. The van der Waals surface area contributed by atoms with E-state index in [4.69, 9.17) is 4.74 Å². The minimum Gasteiger partial charge on any atom is -0.450 e. The van der Waals surface area contributed by atoms with Gasteiger partial charge >= 0.3 is 6.09 Å². The first-order chi connectivity index (χ1) is 5.06. The molecule has 1 rings (SSSR count). The zero-order valence-electron chi connectivity index (χ0n) is 7.31. The number of carbonyl (C=O) groups excluding carboxylic acids is 1. The molecule has 1 aliphatic carbocycles. The van der Waals surface area contributed by atoms with E-state index in [1.54, 1.807) is 6.92 Å². The molecule has 0 aromatic heterocycles. The van der Waals surface area contributed by atoms with Gasteiger partial charge in [0.15, 0.2) is 0 Å². The van der Waals surface area contributed by atoms with Gasteiger partial charge in [-0.25, -0.2) is 4.79 Å². The van der Waals surface area contributed by atoms with E-state index in [1.165, 1.54) is 0 Å². The fraction of sp³-hybridized carbons (Fsp3) is 0.875. The average molecular weight is 157 g/mol. The number of amides is 1. The molecule has 1 N–H and O–H groups in total. The molecule has 64 valence electrons. The lowest BCUT2D eigenvalue weighted by molar-refractivity contribution is 0.150. The van der Waals surface area contributed by atoms with Crippen LogP contribution in [-0.2, 0) is 4.74 Å². The molecule has 0 spiro atoms. The Kier molecular flexibility index (Phi) is 2.07. The smallest absolute Gasteiger partial charge is 0.407 e. The summed E-state index contributed by atoms with van der Waals surface area (Å²) in [5.41, 5.74) is 0.284. The normalized spacial score (nSPS) is 25.9. The zero-order valence-corrected chi connectivity index (χ0v) is 7.31. The minimum atomic E-state index is -0.289. The van der Waals surface area contributed by atoms with Crippen LogP contribution >= 0.6 is 0 Å². The summed E-state index contributed by atoms with van der Waals surface area (Å²) in [5.74, 6) is 0. The summed E-state index contributed by atoms with van der Waals surface area (Å²) < 4.78 is 4.74. The van der Waals surface area contributed by atoms with Crippen LogP contribution in [0.25, 0.3) is 0 Å². The molecule has 1 unspecified atom stereocenters. The highest BCUT2D eigenvalue weighted by Gasteiger charge is 2.46. The largest absolute Gasteiger partial charge is 0.450 e. The van der Waals surface area contributed by atoms with Gasteiger partial charge in [0.25, 0.3) is 0 Å². The Balaban J connectivity index is 2.18. The topological polar surface area (TPSA) is 38.3 Å². The van der Waals surface area contributed by atoms with Gasteiger partial charge in [-0.1, -0.05) is 13.8 Å². The molecule has 0 aromatic rings. The first-order valence-corrected chi connectivity index (χ1v) is 3.99. The van der Waals surface area contributed by atoms with E-state index in [0.717, 1.165) is 6.42 Å². The highest BCUT2D eigenvalue weighted by Crippen LogP contribution is 2.44. The van der Waals surface area contributed by atoms with Crippen molar-refractivity contribution in [2.45, 2.75) is 33.2 Å². The van der Waals surface area contributed by atoms with Crippen LogP contribution in [0.4, 0.5) is 4.79 Å². The van der Waals surface area contributed by atoms with Crippen molar-refractivity contribution in [3.05, 3.63) is 0 Å². The molecule has 3 heteroatoms. The van der Waals surface area contributed by atoms with Crippen molar-refractivity contribution >= 4 is 6.09 Å². The van der Waals surface area contributed by atoms with Gasteiger partial charge in [-0.15, -0.1) is 0 Å². The van der Waals surface area contributed by atoms with Gasteiger partial charge in [0, 0.05) is 6.04 Å². The number of ether oxygens (including phenoxy) is 1. The van der Waals surface area contributed by atoms with Crippen molar-refractivity contribution in [2.24, 2.45) is 5.41 Å². The standard InChI is InChI=1S/C8H15NO2/c1-4-11-7(10)9-6-5-8(6,2)3/h6H,4-5H2,1-3H3,(H,9,10).